The minimum Gasteiger partial charge on any atom is -0.469 e. The quantitative estimate of drug-likeness (QED) is 0.463. The van der Waals surface area contributed by atoms with Crippen LogP contribution in [0.4, 0.5) is 0 Å². The van der Waals surface area contributed by atoms with Gasteiger partial charge in [-0.2, -0.15) is 0 Å². The lowest BCUT2D eigenvalue weighted by molar-refractivity contribution is -0.171. The molecule has 136 valence electrons. The van der Waals surface area contributed by atoms with Gasteiger partial charge in [0.1, 0.15) is 0 Å². The van der Waals surface area contributed by atoms with Crippen molar-refractivity contribution >= 4 is 17.9 Å². The van der Waals surface area contributed by atoms with Gasteiger partial charge in [0.2, 0.25) is 5.54 Å². The third-order valence-electron chi connectivity index (χ3n) is 4.60. The van der Waals surface area contributed by atoms with Gasteiger partial charge in [0.15, 0.2) is 0 Å². The summed E-state index contributed by atoms with van der Waals surface area (Å²) in [5.74, 6) is -3.35. The van der Waals surface area contributed by atoms with Crippen LogP contribution in [-0.4, -0.2) is 50.8 Å². The van der Waals surface area contributed by atoms with E-state index in [0.29, 0.717) is 6.42 Å². The number of carbonyl (C=O) groups excluding carboxylic acids is 3. The maximum absolute atomic E-state index is 12.4. The molecule has 1 heterocycles. The molecule has 1 saturated heterocycles. The Hall–Kier alpha value is -2.41. The highest BCUT2D eigenvalue weighted by molar-refractivity contribution is 6.09. The number of nitrogens with one attached hydrogen (secondary N) is 1. The van der Waals surface area contributed by atoms with Crippen LogP contribution in [0.2, 0.25) is 0 Å². The zero-order chi connectivity index (χ0) is 18.4. The van der Waals surface area contributed by atoms with Crippen LogP contribution in [0, 0.1) is 5.92 Å². The maximum atomic E-state index is 12.4. The lowest BCUT2D eigenvalue weighted by atomic mass is 9.84. The third-order valence-corrected chi connectivity index (χ3v) is 4.60. The summed E-state index contributed by atoms with van der Waals surface area (Å²) in [6.07, 6.45) is 1.67. The minimum atomic E-state index is -1.88. The highest BCUT2D eigenvalue weighted by Gasteiger charge is 2.63. The van der Waals surface area contributed by atoms with E-state index in [1.54, 1.807) is 0 Å². The van der Waals surface area contributed by atoms with E-state index in [4.69, 9.17) is 14.2 Å². The van der Waals surface area contributed by atoms with Gasteiger partial charge in [0.05, 0.1) is 27.2 Å². The fourth-order valence-electron chi connectivity index (χ4n) is 3.34. The largest absolute Gasteiger partial charge is 0.469 e. The SMILES string of the molecule is COC(=O)[C@H]1C[C@@H](CCc2ccccc2)NC1(C(=O)OC)C(=O)OC. The van der Waals surface area contributed by atoms with Crippen LogP contribution in [0.1, 0.15) is 18.4 Å². The van der Waals surface area contributed by atoms with Gasteiger partial charge >= 0.3 is 17.9 Å². The number of esters is 3. The van der Waals surface area contributed by atoms with Gasteiger partial charge in [0, 0.05) is 6.04 Å². The van der Waals surface area contributed by atoms with E-state index >= 15 is 0 Å². The molecule has 7 nitrogen and oxygen atoms in total. The molecule has 1 aromatic carbocycles. The number of ether oxygens (including phenoxy) is 3. The van der Waals surface area contributed by atoms with Crippen molar-refractivity contribution in [1.82, 2.24) is 5.32 Å². The summed E-state index contributed by atoms with van der Waals surface area (Å²) in [7, 11) is 3.56. The number of rotatable bonds is 6. The van der Waals surface area contributed by atoms with Crippen molar-refractivity contribution in [3.8, 4) is 0 Å². The van der Waals surface area contributed by atoms with E-state index in [1.807, 2.05) is 30.3 Å². The van der Waals surface area contributed by atoms with E-state index in [9.17, 15) is 14.4 Å². The summed E-state index contributed by atoms with van der Waals surface area (Å²) >= 11 is 0. The van der Waals surface area contributed by atoms with Crippen LogP contribution < -0.4 is 5.32 Å². The molecule has 2 rings (SSSR count). The number of aryl methyl sites for hydroxylation is 1. The molecular formula is C18H23NO6. The molecule has 0 amide bonds. The third kappa shape index (κ3) is 3.66. The molecule has 0 bridgehead atoms. The molecule has 0 radical (unpaired) electrons. The van der Waals surface area contributed by atoms with Gasteiger partial charge in [-0.15, -0.1) is 0 Å². The van der Waals surface area contributed by atoms with E-state index in [-0.39, 0.29) is 12.5 Å². The van der Waals surface area contributed by atoms with E-state index < -0.39 is 29.4 Å². The smallest absolute Gasteiger partial charge is 0.338 e. The topological polar surface area (TPSA) is 90.9 Å². The number of hydrogen-bond acceptors (Lipinski definition) is 7. The monoisotopic (exact) mass is 349 g/mol. The average Bonchev–Trinajstić information content (AvgIpc) is 3.06. The van der Waals surface area contributed by atoms with Gasteiger partial charge in [-0.25, -0.2) is 9.59 Å². The highest BCUT2D eigenvalue weighted by Crippen LogP contribution is 2.35. The Morgan fingerprint density at radius 3 is 2.16 bits per heavy atom. The van der Waals surface area contributed by atoms with Crippen LogP contribution in [0.5, 0.6) is 0 Å². The Morgan fingerprint density at radius 1 is 1.04 bits per heavy atom. The zero-order valence-electron chi connectivity index (χ0n) is 14.6. The van der Waals surface area contributed by atoms with Crippen molar-refractivity contribution in [1.29, 1.82) is 0 Å². The van der Waals surface area contributed by atoms with E-state index in [0.717, 1.165) is 12.0 Å². The molecule has 25 heavy (non-hydrogen) atoms. The second-order valence-electron chi connectivity index (χ2n) is 5.97. The van der Waals surface area contributed by atoms with Crippen molar-refractivity contribution in [3.63, 3.8) is 0 Å². The molecule has 0 saturated carbocycles. The van der Waals surface area contributed by atoms with Crippen molar-refractivity contribution in [2.24, 2.45) is 5.92 Å². The van der Waals surface area contributed by atoms with Gasteiger partial charge in [-0.1, -0.05) is 30.3 Å². The predicted octanol–water partition coefficient (Wildman–Crippen LogP) is 0.855. The molecule has 1 fully saturated rings. The Bertz CT molecular complexity index is 614. The Labute approximate surface area is 146 Å². The summed E-state index contributed by atoms with van der Waals surface area (Å²) in [6, 6.07) is 9.59. The molecule has 0 spiro atoms. The first-order chi connectivity index (χ1) is 12.0. The first-order valence-electron chi connectivity index (χ1n) is 8.05. The molecular weight excluding hydrogens is 326 g/mol. The summed E-state index contributed by atoms with van der Waals surface area (Å²) in [5, 5.41) is 2.99. The van der Waals surface area contributed by atoms with Gasteiger partial charge in [0.25, 0.3) is 0 Å². The minimum absolute atomic E-state index is 0.234. The first kappa shape index (κ1) is 18.9. The molecule has 7 heteroatoms. The van der Waals surface area contributed by atoms with Crippen LogP contribution in [0.15, 0.2) is 30.3 Å². The summed E-state index contributed by atoms with van der Waals surface area (Å²) in [6.45, 7) is 0. The number of carbonyl (C=O) groups is 3. The molecule has 0 aromatic heterocycles. The van der Waals surface area contributed by atoms with E-state index in [1.165, 1.54) is 21.3 Å². The fraction of sp³-hybridized carbons (Fsp3) is 0.500. The lowest BCUT2D eigenvalue weighted by Crippen LogP contribution is -2.62. The zero-order valence-corrected chi connectivity index (χ0v) is 14.6. The lowest BCUT2D eigenvalue weighted by Gasteiger charge is -2.28. The van der Waals surface area contributed by atoms with Crippen molar-refractivity contribution < 1.29 is 28.6 Å². The molecule has 2 atom stereocenters. The van der Waals surface area contributed by atoms with Crippen LogP contribution in [-0.2, 0) is 35.0 Å². The fourth-order valence-corrected chi connectivity index (χ4v) is 3.34. The van der Waals surface area contributed by atoms with Crippen LogP contribution >= 0.6 is 0 Å². The standard InChI is InChI=1S/C18H23NO6/c1-23-15(20)14-11-13(10-9-12-7-5-4-6-8-12)19-18(14,16(21)24-2)17(22)25-3/h4-8,13-14,19H,9-11H2,1-3H3/t13-,14-/m1/s1. The summed E-state index contributed by atoms with van der Waals surface area (Å²) < 4.78 is 14.4. The summed E-state index contributed by atoms with van der Waals surface area (Å²) in [5.41, 5.74) is -0.745. The maximum Gasteiger partial charge on any atom is 0.338 e. The Balaban J connectivity index is 2.25. The van der Waals surface area contributed by atoms with Crippen LogP contribution in [0.25, 0.3) is 0 Å². The molecule has 1 aliphatic rings. The Morgan fingerprint density at radius 2 is 1.64 bits per heavy atom. The van der Waals surface area contributed by atoms with E-state index in [2.05, 4.69) is 5.32 Å². The average molecular weight is 349 g/mol. The van der Waals surface area contributed by atoms with Crippen molar-refractivity contribution in [2.75, 3.05) is 21.3 Å². The molecule has 0 aliphatic carbocycles. The second kappa shape index (κ2) is 8.11. The molecule has 0 unspecified atom stereocenters. The number of methoxy groups -OCH3 is 3. The van der Waals surface area contributed by atoms with Crippen molar-refractivity contribution in [3.05, 3.63) is 35.9 Å². The summed E-state index contributed by atoms with van der Waals surface area (Å²) in [4.78, 5) is 37.0. The van der Waals surface area contributed by atoms with Gasteiger partial charge in [-0.3, -0.25) is 10.1 Å². The van der Waals surface area contributed by atoms with Crippen LogP contribution in [0.3, 0.4) is 0 Å². The van der Waals surface area contributed by atoms with Gasteiger partial charge < -0.3 is 14.2 Å². The molecule has 1 aromatic rings. The molecule has 1 aliphatic heterocycles. The molecule has 1 N–H and O–H groups in total. The van der Waals surface area contributed by atoms with Gasteiger partial charge in [-0.05, 0) is 24.8 Å². The number of hydrogen-bond donors (Lipinski definition) is 1. The first-order valence-corrected chi connectivity index (χ1v) is 8.05. The predicted molar refractivity (Wildman–Crippen MR) is 88.6 cm³/mol. The highest BCUT2D eigenvalue weighted by atomic mass is 16.6. The second-order valence-corrected chi connectivity index (χ2v) is 5.97. The normalized spacial score (nSPS) is 21.4. The number of benzene rings is 1. The van der Waals surface area contributed by atoms with Crippen molar-refractivity contribution in [2.45, 2.75) is 30.8 Å². The Kier molecular flexibility index (Phi) is 6.14.